The van der Waals surface area contributed by atoms with Gasteiger partial charge in [-0.05, 0) is 62.8 Å². The van der Waals surface area contributed by atoms with Crippen molar-refractivity contribution < 1.29 is 0 Å². The van der Waals surface area contributed by atoms with Crippen LogP contribution in [-0.4, -0.2) is 16.1 Å². The average molecular weight is 368 g/mol. The van der Waals surface area contributed by atoms with Gasteiger partial charge in [-0.25, -0.2) is 4.98 Å². The van der Waals surface area contributed by atoms with E-state index in [1.54, 1.807) is 0 Å². The smallest absolute Gasteiger partial charge is 0.138 e. The van der Waals surface area contributed by atoms with Crippen LogP contribution in [-0.2, 0) is 13.0 Å². The van der Waals surface area contributed by atoms with Crippen LogP contribution in [0.5, 0.6) is 0 Å². The van der Waals surface area contributed by atoms with E-state index in [9.17, 15) is 0 Å². The Hall–Kier alpha value is -2.00. The number of pyridine rings is 1. The zero-order valence-corrected chi connectivity index (χ0v) is 16.6. The molecule has 0 N–H and O–H groups in total. The molecule has 136 valence electrons. The molecular weight excluding hydrogens is 342 g/mol. The van der Waals surface area contributed by atoms with E-state index in [4.69, 9.17) is 4.98 Å². The lowest BCUT2D eigenvalue weighted by atomic mass is 9.99. The number of fused-ring (bicyclic) bond motifs is 2. The summed E-state index contributed by atoms with van der Waals surface area (Å²) in [4.78, 5) is 7.49. The Morgan fingerprint density at radius 1 is 1.04 bits per heavy atom. The van der Waals surface area contributed by atoms with Crippen molar-refractivity contribution in [3.63, 3.8) is 0 Å². The Balaban J connectivity index is 0.00000168. The van der Waals surface area contributed by atoms with Crippen molar-refractivity contribution in [2.24, 2.45) is 0 Å². The topological polar surface area (TPSA) is 21.1 Å². The van der Waals surface area contributed by atoms with Gasteiger partial charge in [0.25, 0.3) is 0 Å². The van der Waals surface area contributed by atoms with Gasteiger partial charge in [-0.15, -0.1) is 12.4 Å². The molecule has 1 aliphatic carbocycles. The molecule has 26 heavy (non-hydrogen) atoms. The molecule has 1 aliphatic heterocycles. The van der Waals surface area contributed by atoms with Crippen molar-refractivity contribution in [1.29, 1.82) is 0 Å². The van der Waals surface area contributed by atoms with E-state index in [-0.39, 0.29) is 12.4 Å². The first-order valence-corrected chi connectivity index (χ1v) is 9.44. The molecule has 0 amide bonds. The summed E-state index contributed by atoms with van der Waals surface area (Å²) < 4.78 is 2.57. The summed E-state index contributed by atoms with van der Waals surface area (Å²) in [5.41, 5.74) is 8.28. The van der Waals surface area contributed by atoms with Crippen LogP contribution < -0.4 is 4.90 Å². The van der Waals surface area contributed by atoms with Crippen LogP contribution in [0.15, 0.2) is 30.3 Å². The minimum atomic E-state index is 0. The second-order valence-electron chi connectivity index (χ2n) is 7.73. The summed E-state index contributed by atoms with van der Waals surface area (Å²) in [6.07, 6.45) is 3.74. The Morgan fingerprint density at radius 2 is 1.77 bits per heavy atom. The summed E-state index contributed by atoms with van der Waals surface area (Å²) >= 11 is 0. The van der Waals surface area contributed by atoms with Crippen molar-refractivity contribution in [2.45, 2.75) is 52.6 Å². The third kappa shape index (κ3) is 2.61. The zero-order chi connectivity index (χ0) is 17.1. The Kier molecular flexibility index (Phi) is 4.23. The van der Waals surface area contributed by atoms with Crippen LogP contribution in [0.1, 0.15) is 47.0 Å². The SMILES string of the molecule is Cc1cc2c(c(N3CCc4ccccc4C3)n1)c(C)c(C)n2C1CC1.Cl. The summed E-state index contributed by atoms with van der Waals surface area (Å²) in [6.45, 7) is 8.70. The maximum atomic E-state index is 5.01. The maximum absolute atomic E-state index is 5.01. The van der Waals surface area contributed by atoms with Crippen molar-refractivity contribution in [3.8, 4) is 0 Å². The predicted molar refractivity (Wildman–Crippen MR) is 111 cm³/mol. The molecule has 0 unspecified atom stereocenters. The molecule has 3 aromatic rings. The Bertz CT molecular complexity index is 985. The van der Waals surface area contributed by atoms with Gasteiger partial charge in [-0.1, -0.05) is 24.3 Å². The molecule has 3 nitrogen and oxygen atoms in total. The van der Waals surface area contributed by atoms with Gasteiger partial charge in [0.2, 0.25) is 0 Å². The largest absolute Gasteiger partial charge is 0.351 e. The number of nitrogens with zero attached hydrogens (tertiary/aromatic N) is 3. The van der Waals surface area contributed by atoms with Gasteiger partial charge in [0.1, 0.15) is 5.82 Å². The Labute approximate surface area is 161 Å². The second kappa shape index (κ2) is 6.31. The van der Waals surface area contributed by atoms with Crippen LogP contribution in [0.25, 0.3) is 10.9 Å². The van der Waals surface area contributed by atoms with Crippen LogP contribution in [0, 0.1) is 20.8 Å². The van der Waals surface area contributed by atoms with Crippen LogP contribution in [0.3, 0.4) is 0 Å². The van der Waals surface area contributed by atoms with Gasteiger partial charge < -0.3 is 9.47 Å². The minimum absolute atomic E-state index is 0. The normalized spacial score (nSPS) is 16.5. The van der Waals surface area contributed by atoms with Crippen molar-refractivity contribution >= 4 is 29.1 Å². The van der Waals surface area contributed by atoms with E-state index < -0.39 is 0 Å². The van der Waals surface area contributed by atoms with Gasteiger partial charge in [0.05, 0.1) is 5.52 Å². The lowest BCUT2D eigenvalue weighted by Crippen LogP contribution is -2.31. The van der Waals surface area contributed by atoms with Gasteiger partial charge >= 0.3 is 0 Å². The fraction of sp³-hybridized carbons (Fsp3) is 0.409. The lowest BCUT2D eigenvalue weighted by Gasteiger charge is -2.30. The van der Waals surface area contributed by atoms with E-state index in [0.29, 0.717) is 6.04 Å². The molecule has 3 heterocycles. The molecule has 1 saturated carbocycles. The van der Waals surface area contributed by atoms with Gasteiger partial charge in [0, 0.05) is 35.9 Å². The first-order valence-electron chi connectivity index (χ1n) is 9.44. The van der Waals surface area contributed by atoms with Crippen LogP contribution >= 0.6 is 12.4 Å². The number of anilines is 1. The molecule has 0 spiro atoms. The van der Waals surface area contributed by atoms with Gasteiger partial charge in [0.15, 0.2) is 0 Å². The fourth-order valence-corrected chi connectivity index (χ4v) is 4.44. The highest BCUT2D eigenvalue weighted by molar-refractivity contribution is 5.95. The molecule has 4 heteroatoms. The molecule has 2 aromatic heterocycles. The molecule has 2 aliphatic rings. The van der Waals surface area contributed by atoms with E-state index in [1.165, 1.54) is 51.9 Å². The predicted octanol–water partition coefficient (Wildman–Crippen LogP) is 5.28. The number of halogens is 1. The van der Waals surface area contributed by atoms with Crippen LogP contribution in [0.2, 0.25) is 0 Å². The summed E-state index contributed by atoms with van der Waals surface area (Å²) in [6, 6.07) is 11.8. The number of rotatable bonds is 2. The van der Waals surface area contributed by atoms with E-state index in [2.05, 4.69) is 60.6 Å². The van der Waals surface area contributed by atoms with E-state index in [0.717, 1.165) is 25.2 Å². The molecule has 0 bridgehead atoms. The van der Waals surface area contributed by atoms with Crippen molar-refractivity contribution in [2.75, 3.05) is 11.4 Å². The lowest BCUT2D eigenvalue weighted by molar-refractivity contribution is 0.722. The molecule has 5 rings (SSSR count). The first-order chi connectivity index (χ1) is 12.1. The summed E-state index contributed by atoms with van der Waals surface area (Å²) in [5, 5.41) is 1.37. The highest BCUT2D eigenvalue weighted by Crippen LogP contribution is 2.43. The molecule has 0 saturated heterocycles. The zero-order valence-electron chi connectivity index (χ0n) is 15.7. The van der Waals surface area contributed by atoms with Crippen molar-refractivity contribution in [1.82, 2.24) is 9.55 Å². The third-order valence-electron chi connectivity index (χ3n) is 5.99. The van der Waals surface area contributed by atoms with E-state index >= 15 is 0 Å². The Morgan fingerprint density at radius 3 is 2.50 bits per heavy atom. The van der Waals surface area contributed by atoms with Crippen LogP contribution in [0.4, 0.5) is 5.82 Å². The highest BCUT2D eigenvalue weighted by Gasteiger charge is 2.30. The molecule has 0 atom stereocenters. The third-order valence-corrected chi connectivity index (χ3v) is 5.99. The second-order valence-corrected chi connectivity index (χ2v) is 7.73. The summed E-state index contributed by atoms with van der Waals surface area (Å²) in [5.74, 6) is 1.18. The highest BCUT2D eigenvalue weighted by atomic mass is 35.5. The molecular formula is C22H26ClN3. The quantitative estimate of drug-likeness (QED) is 0.614. The molecule has 0 radical (unpaired) electrons. The fourth-order valence-electron chi connectivity index (χ4n) is 4.44. The molecule has 1 aromatic carbocycles. The monoisotopic (exact) mass is 367 g/mol. The van der Waals surface area contributed by atoms with Gasteiger partial charge in [-0.2, -0.15) is 0 Å². The number of hydrogen-bond donors (Lipinski definition) is 0. The van der Waals surface area contributed by atoms with Crippen molar-refractivity contribution in [3.05, 3.63) is 58.4 Å². The number of aryl methyl sites for hydroxylation is 2. The first kappa shape index (κ1) is 17.4. The van der Waals surface area contributed by atoms with E-state index in [1.807, 2.05) is 0 Å². The number of hydrogen-bond acceptors (Lipinski definition) is 2. The standard InChI is InChI=1S/C22H25N3.ClH/c1-14-12-20-21(15(2)16(3)25(20)19-8-9-19)22(23-14)24-11-10-17-6-4-5-7-18(17)13-24;/h4-7,12,19H,8-11,13H2,1-3H3;1H. The maximum Gasteiger partial charge on any atom is 0.138 e. The number of benzene rings is 1. The average Bonchev–Trinajstić information content (AvgIpc) is 3.41. The molecule has 1 fully saturated rings. The van der Waals surface area contributed by atoms with Gasteiger partial charge in [-0.3, -0.25) is 0 Å². The minimum Gasteiger partial charge on any atom is -0.351 e. The summed E-state index contributed by atoms with van der Waals surface area (Å²) in [7, 11) is 0. The number of aromatic nitrogens is 2.